The minimum atomic E-state index is -0.459. The topological polar surface area (TPSA) is 81.5 Å². The van der Waals surface area contributed by atoms with Crippen LogP contribution in [0, 0.1) is 0 Å². The van der Waals surface area contributed by atoms with E-state index < -0.39 is 11.9 Å². The van der Waals surface area contributed by atoms with Gasteiger partial charge in [0.05, 0.1) is 6.61 Å². The summed E-state index contributed by atoms with van der Waals surface area (Å²) in [5, 5.41) is 3.89. The molecule has 0 N–H and O–H groups in total. The summed E-state index contributed by atoms with van der Waals surface area (Å²) in [7, 11) is 1.47. The second-order valence-corrected chi connectivity index (χ2v) is 4.21. The van der Waals surface area contributed by atoms with Gasteiger partial charge in [-0.15, -0.1) is 0 Å². The summed E-state index contributed by atoms with van der Waals surface area (Å²) < 4.78 is 5.92. The predicted molar refractivity (Wildman–Crippen MR) is 72.3 cm³/mol. The molecule has 7 heteroatoms. The highest BCUT2D eigenvalue weighted by atomic mass is 16.5. The summed E-state index contributed by atoms with van der Waals surface area (Å²) in [6.45, 7) is 4.18. The summed E-state index contributed by atoms with van der Waals surface area (Å²) in [6.07, 6.45) is 0.705. The molecular weight excluding hydrogens is 262 g/mol. The number of rotatable bonds is 6. The fourth-order valence-electron chi connectivity index (χ4n) is 1.66. The molecule has 1 heterocycles. The molecule has 0 saturated heterocycles. The average molecular weight is 281 g/mol. The van der Waals surface area contributed by atoms with E-state index in [-0.39, 0.29) is 24.4 Å². The standard InChI is InChI=1S/C13H19N3O4/c1-4-8-16(9-12(18)20-5-2)13(19)10-6-7-11(17)15(3)14-10/h6-7H,4-5,8-9H2,1-3H3. The van der Waals surface area contributed by atoms with Crippen LogP contribution in [0.2, 0.25) is 0 Å². The molecule has 0 bridgehead atoms. The fourth-order valence-corrected chi connectivity index (χ4v) is 1.66. The fraction of sp³-hybridized carbons (Fsp3) is 0.538. The quantitative estimate of drug-likeness (QED) is 0.695. The maximum atomic E-state index is 12.3. The molecular formula is C13H19N3O4. The van der Waals surface area contributed by atoms with Crippen molar-refractivity contribution >= 4 is 11.9 Å². The van der Waals surface area contributed by atoms with Gasteiger partial charge >= 0.3 is 5.97 Å². The molecule has 1 amide bonds. The smallest absolute Gasteiger partial charge is 0.325 e. The zero-order valence-corrected chi connectivity index (χ0v) is 12.0. The van der Waals surface area contributed by atoms with Crippen LogP contribution in [0.1, 0.15) is 30.8 Å². The summed E-state index contributed by atoms with van der Waals surface area (Å²) >= 11 is 0. The van der Waals surface area contributed by atoms with E-state index in [2.05, 4.69) is 5.10 Å². The van der Waals surface area contributed by atoms with Crippen molar-refractivity contribution in [2.24, 2.45) is 7.05 Å². The SMILES string of the molecule is CCCN(CC(=O)OCC)C(=O)c1ccc(=O)n(C)n1. The first-order valence-corrected chi connectivity index (χ1v) is 6.48. The second-order valence-electron chi connectivity index (χ2n) is 4.21. The minimum absolute atomic E-state index is 0.120. The van der Waals surface area contributed by atoms with Gasteiger partial charge in [-0.1, -0.05) is 6.92 Å². The Morgan fingerprint density at radius 2 is 2.05 bits per heavy atom. The first-order chi connectivity index (χ1) is 9.49. The van der Waals surface area contributed by atoms with Crippen molar-refractivity contribution in [3.05, 3.63) is 28.2 Å². The number of hydrogen-bond donors (Lipinski definition) is 0. The minimum Gasteiger partial charge on any atom is -0.465 e. The van der Waals surface area contributed by atoms with Crippen LogP contribution in [0.4, 0.5) is 0 Å². The molecule has 0 spiro atoms. The van der Waals surface area contributed by atoms with E-state index >= 15 is 0 Å². The number of hydrogen-bond acceptors (Lipinski definition) is 5. The van der Waals surface area contributed by atoms with Crippen LogP contribution in [-0.2, 0) is 16.6 Å². The molecule has 7 nitrogen and oxygen atoms in total. The van der Waals surface area contributed by atoms with Crippen LogP contribution < -0.4 is 5.56 Å². The Bertz CT molecular complexity index is 539. The predicted octanol–water partition coefficient (Wildman–Crippen LogP) is 0.196. The zero-order valence-electron chi connectivity index (χ0n) is 12.0. The highest BCUT2D eigenvalue weighted by Gasteiger charge is 2.20. The number of carbonyl (C=O) groups is 2. The highest BCUT2D eigenvalue weighted by Crippen LogP contribution is 2.02. The Morgan fingerprint density at radius 3 is 2.60 bits per heavy atom. The van der Waals surface area contributed by atoms with Crippen molar-refractivity contribution in [2.75, 3.05) is 19.7 Å². The molecule has 0 aliphatic heterocycles. The molecule has 0 fully saturated rings. The Hall–Kier alpha value is -2.18. The van der Waals surface area contributed by atoms with E-state index in [0.717, 1.165) is 4.68 Å². The third kappa shape index (κ3) is 4.18. The number of carbonyl (C=O) groups excluding carboxylic acids is 2. The molecule has 0 saturated carbocycles. The second kappa shape index (κ2) is 7.42. The number of aromatic nitrogens is 2. The highest BCUT2D eigenvalue weighted by molar-refractivity contribution is 5.94. The van der Waals surface area contributed by atoms with Gasteiger partial charge in [-0.25, -0.2) is 4.68 Å². The lowest BCUT2D eigenvalue weighted by Gasteiger charge is -2.20. The van der Waals surface area contributed by atoms with Crippen LogP contribution in [-0.4, -0.2) is 46.3 Å². The number of ether oxygens (including phenoxy) is 1. The maximum absolute atomic E-state index is 12.3. The third-order valence-corrected chi connectivity index (χ3v) is 2.59. The van der Waals surface area contributed by atoms with Crippen LogP contribution >= 0.6 is 0 Å². The lowest BCUT2D eigenvalue weighted by Crippen LogP contribution is -2.38. The van der Waals surface area contributed by atoms with Crippen molar-refractivity contribution in [1.82, 2.24) is 14.7 Å². The summed E-state index contributed by atoms with van der Waals surface area (Å²) in [6, 6.07) is 2.63. The largest absolute Gasteiger partial charge is 0.465 e. The van der Waals surface area contributed by atoms with Gasteiger partial charge in [0, 0.05) is 19.7 Å². The van der Waals surface area contributed by atoms with Crippen LogP contribution in [0.15, 0.2) is 16.9 Å². The Kier molecular flexibility index (Phi) is 5.89. The molecule has 0 unspecified atom stereocenters. The summed E-state index contributed by atoms with van der Waals surface area (Å²) in [4.78, 5) is 36.4. The van der Waals surface area contributed by atoms with Gasteiger partial charge in [0.15, 0.2) is 0 Å². The molecule has 0 radical (unpaired) electrons. The molecule has 110 valence electrons. The van der Waals surface area contributed by atoms with Crippen LogP contribution in [0.5, 0.6) is 0 Å². The van der Waals surface area contributed by atoms with Gasteiger partial charge in [-0.05, 0) is 19.4 Å². The van der Waals surface area contributed by atoms with E-state index in [1.807, 2.05) is 6.92 Å². The van der Waals surface area contributed by atoms with Gasteiger partial charge in [-0.3, -0.25) is 14.4 Å². The lowest BCUT2D eigenvalue weighted by atomic mass is 10.3. The van der Waals surface area contributed by atoms with Gasteiger partial charge in [-0.2, -0.15) is 5.10 Å². The molecule has 1 aromatic rings. The van der Waals surface area contributed by atoms with Crippen LogP contribution in [0.25, 0.3) is 0 Å². The molecule has 0 aliphatic rings. The van der Waals surface area contributed by atoms with Gasteiger partial charge in [0.25, 0.3) is 11.5 Å². The van der Waals surface area contributed by atoms with Gasteiger partial charge in [0.1, 0.15) is 12.2 Å². The summed E-state index contributed by atoms with van der Waals surface area (Å²) in [5.41, 5.74) is -0.168. The van der Waals surface area contributed by atoms with Gasteiger partial charge in [0.2, 0.25) is 0 Å². The van der Waals surface area contributed by atoms with Crippen molar-refractivity contribution < 1.29 is 14.3 Å². The Morgan fingerprint density at radius 1 is 1.35 bits per heavy atom. The number of amides is 1. The molecule has 20 heavy (non-hydrogen) atoms. The number of nitrogens with zero attached hydrogens (tertiary/aromatic N) is 3. The van der Waals surface area contributed by atoms with E-state index in [1.165, 1.54) is 24.1 Å². The zero-order chi connectivity index (χ0) is 15.1. The summed E-state index contributed by atoms with van der Waals surface area (Å²) in [5.74, 6) is -0.852. The molecule has 1 rings (SSSR count). The molecule has 0 atom stereocenters. The molecule has 1 aromatic heterocycles. The molecule has 0 aliphatic carbocycles. The van der Waals surface area contributed by atoms with E-state index in [0.29, 0.717) is 13.0 Å². The normalized spacial score (nSPS) is 10.2. The van der Waals surface area contributed by atoms with Gasteiger partial charge < -0.3 is 9.64 Å². The lowest BCUT2D eigenvalue weighted by molar-refractivity contribution is -0.143. The number of aryl methyl sites for hydroxylation is 1. The van der Waals surface area contributed by atoms with Crippen molar-refractivity contribution in [3.8, 4) is 0 Å². The third-order valence-electron chi connectivity index (χ3n) is 2.59. The first-order valence-electron chi connectivity index (χ1n) is 6.48. The molecule has 0 aromatic carbocycles. The van der Waals surface area contributed by atoms with Crippen molar-refractivity contribution in [1.29, 1.82) is 0 Å². The average Bonchev–Trinajstić information content (AvgIpc) is 2.41. The monoisotopic (exact) mass is 281 g/mol. The van der Waals surface area contributed by atoms with Crippen LogP contribution in [0.3, 0.4) is 0 Å². The maximum Gasteiger partial charge on any atom is 0.325 e. The van der Waals surface area contributed by atoms with E-state index in [4.69, 9.17) is 4.74 Å². The number of esters is 1. The van der Waals surface area contributed by atoms with Crippen molar-refractivity contribution in [3.63, 3.8) is 0 Å². The van der Waals surface area contributed by atoms with E-state index in [9.17, 15) is 14.4 Å². The Labute approximate surface area is 117 Å². The van der Waals surface area contributed by atoms with E-state index in [1.54, 1.807) is 6.92 Å². The Balaban J connectivity index is 2.89. The van der Waals surface area contributed by atoms with Crippen molar-refractivity contribution in [2.45, 2.75) is 20.3 Å². The first kappa shape index (κ1) is 15.9.